The van der Waals surface area contributed by atoms with Crippen LogP contribution in [0.4, 0.5) is 0 Å². The van der Waals surface area contributed by atoms with Crippen molar-refractivity contribution in [1.29, 1.82) is 0 Å². The fourth-order valence-electron chi connectivity index (χ4n) is 5.24. The molecule has 0 unspecified atom stereocenters. The molecule has 0 bridgehead atoms. The van der Waals surface area contributed by atoms with Gasteiger partial charge >= 0.3 is 0 Å². The van der Waals surface area contributed by atoms with Crippen LogP contribution in [0.1, 0.15) is 43.9 Å². The van der Waals surface area contributed by atoms with Gasteiger partial charge in [-0.05, 0) is 47.0 Å². The summed E-state index contributed by atoms with van der Waals surface area (Å²) in [4.78, 5) is 0. The smallest absolute Gasteiger partial charge is 0.164 e. The van der Waals surface area contributed by atoms with Crippen molar-refractivity contribution in [2.45, 2.75) is 62.6 Å². The predicted octanol–water partition coefficient (Wildman–Crippen LogP) is 6.80. The summed E-state index contributed by atoms with van der Waals surface area (Å²) < 4.78 is 23.7. The van der Waals surface area contributed by atoms with Crippen LogP contribution in [0.15, 0.2) is 84.9 Å². The van der Waals surface area contributed by atoms with E-state index in [0.29, 0.717) is 0 Å². The molecule has 0 aliphatic heterocycles. The van der Waals surface area contributed by atoms with Gasteiger partial charge in [-0.2, -0.15) is 0 Å². The second-order valence-electron chi connectivity index (χ2n) is 10.4. The van der Waals surface area contributed by atoms with E-state index >= 15 is 0 Å². The van der Waals surface area contributed by atoms with E-state index in [1.807, 2.05) is 84.9 Å². The molecule has 0 spiro atoms. The number of hydrogen-bond donors (Lipinski definition) is 1. The molecule has 2 atom stereocenters. The fourth-order valence-corrected chi connectivity index (χ4v) is 7.73. The van der Waals surface area contributed by atoms with Gasteiger partial charge in [-0.1, -0.05) is 99.5 Å². The van der Waals surface area contributed by atoms with Crippen molar-refractivity contribution in [3.05, 3.63) is 102 Å². The molecule has 0 fully saturated rings. The van der Waals surface area contributed by atoms with Gasteiger partial charge in [0.1, 0.15) is 32.3 Å². The van der Waals surface area contributed by atoms with Gasteiger partial charge in [0, 0.05) is 7.11 Å². The number of ether oxygens (including phenoxy) is 4. The molecule has 0 aromatic heterocycles. The van der Waals surface area contributed by atoms with E-state index in [1.54, 1.807) is 7.11 Å². The lowest BCUT2D eigenvalue weighted by Gasteiger charge is -2.39. The molecule has 0 heterocycles. The first-order valence-electron chi connectivity index (χ1n) is 14.6. The first-order chi connectivity index (χ1) is 20.4. The van der Waals surface area contributed by atoms with Crippen LogP contribution in [0, 0.1) is 23.8 Å². The van der Waals surface area contributed by atoms with Crippen LogP contribution < -0.4 is 4.74 Å². The number of benzene rings is 3. The third-order valence-corrected chi connectivity index (χ3v) is 13.0. The monoisotopic (exact) mass is 584 g/mol. The molecule has 0 saturated heterocycles. The summed E-state index contributed by atoms with van der Waals surface area (Å²) in [6.45, 7) is 6.51. The van der Waals surface area contributed by atoms with Gasteiger partial charge in [0.2, 0.25) is 0 Å². The molecule has 3 rings (SSSR count). The first-order valence-corrected chi connectivity index (χ1v) is 17.2. The maximum atomic E-state index is 11.8. The van der Waals surface area contributed by atoms with Gasteiger partial charge < -0.3 is 24.1 Å². The van der Waals surface area contributed by atoms with Crippen molar-refractivity contribution in [3.8, 4) is 29.6 Å². The average molecular weight is 585 g/mol. The van der Waals surface area contributed by atoms with Crippen molar-refractivity contribution < 1.29 is 24.1 Å². The summed E-state index contributed by atoms with van der Waals surface area (Å²) in [6, 6.07) is 31.0. The Kier molecular flexibility index (Phi) is 12.4. The summed E-state index contributed by atoms with van der Waals surface area (Å²) in [5, 5.41) is 11.8. The van der Waals surface area contributed by atoms with Gasteiger partial charge in [-0.25, -0.2) is 0 Å². The molecular formula is C36H44O5Si. The van der Waals surface area contributed by atoms with E-state index in [4.69, 9.17) is 25.4 Å². The summed E-state index contributed by atoms with van der Waals surface area (Å²) in [7, 11) is 1.45. The Bertz CT molecular complexity index is 1270. The van der Waals surface area contributed by atoms with E-state index in [2.05, 4.69) is 38.2 Å². The Morgan fingerprint density at radius 1 is 0.810 bits per heavy atom. The number of terminal acetylenes is 1. The highest BCUT2D eigenvalue weighted by atomic mass is 28.3. The molecule has 0 saturated carbocycles. The van der Waals surface area contributed by atoms with Gasteiger partial charge in [0.25, 0.3) is 0 Å². The summed E-state index contributed by atoms with van der Waals surface area (Å²) in [6.07, 6.45) is 5.14. The minimum absolute atomic E-state index is 0.0283. The molecule has 42 heavy (non-hydrogen) atoms. The SMILES string of the molecule is C#C[C@@](O)(CC#C[Si](CC)(CC)CC)[C@@H](COC(c1ccccc1)(c1ccccc1)c1ccc(OC)cc1)OCOC. The third-order valence-electron chi connectivity index (χ3n) is 8.22. The van der Waals surface area contributed by atoms with Crippen molar-refractivity contribution in [3.63, 3.8) is 0 Å². The van der Waals surface area contributed by atoms with E-state index in [9.17, 15) is 5.11 Å². The third kappa shape index (κ3) is 7.52. The number of aliphatic hydroxyl groups is 1. The highest BCUT2D eigenvalue weighted by molar-refractivity contribution is 6.87. The standard InChI is InChI=1S/C36H44O5Si/c1-7-35(37,26-17-27-42(8-2,9-3)10-4)34(40-29-38-5)28-41-36(30-18-13-11-14-19-30,31-20-15-12-16-21-31)32-22-24-33(39-6)25-23-32/h1,11-16,18-25,34,37H,8-10,26,28-29H2,2-6H3/t34-,35-/m1/s1. The number of rotatable bonds is 15. The maximum Gasteiger partial charge on any atom is 0.164 e. The molecule has 1 N–H and O–H groups in total. The molecule has 3 aromatic rings. The van der Waals surface area contributed by atoms with Gasteiger partial charge in [0.05, 0.1) is 20.1 Å². The Morgan fingerprint density at radius 2 is 1.33 bits per heavy atom. The normalized spacial score (nSPS) is 13.7. The van der Waals surface area contributed by atoms with Crippen LogP contribution in [0.3, 0.4) is 0 Å². The van der Waals surface area contributed by atoms with Crippen LogP contribution in [0.2, 0.25) is 18.1 Å². The molecule has 0 radical (unpaired) electrons. The second-order valence-corrected chi connectivity index (χ2v) is 15.3. The van der Waals surface area contributed by atoms with Crippen LogP contribution >= 0.6 is 0 Å². The molecule has 222 valence electrons. The minimum Gasteiger partial charge on any atom is -0.497 e. The van der Waals surface area contributed by atoms with Crippen molar-refractivity contribution >= 4 is 8.07 Å². The van der Waals surface area contributed by atoms with E-state index in [1.165, 1.54) is 7.11 Å². The average Bonchev–Trinajstić information content (AvgIpc) is 3.06. The van der Waals surface area contributed by atoms with E-state index in [-0.39, 0.29) is 19.8 Å². The first kappa shape index (κ1) is 33.1. The van der Waals surface area contributed by atoms with Crippen LogP contribution in [-0.4, -0.2) is 52.5 Å². The molecular weight excluding hydrogens is 540 g/mol. The van der Waals surface area contributed by atoms with Gasteiger partial charge in [-0.3, -0.25) is 0 Å². The largest absolute Gasteiger partial charge is 0.497 e. The molecule has 0 aliphatic carbocycles. The zero-order chi connectivity index (χ0) is 30.5. The Balaban J connectivity index is 2.10. The predicted molar refractivity (Wildman–Crippen MR) is 172 cm³/mol. The van der Waals surface area contributed by atoms with Gasteiger partial charge in [0.15, 0.2) is 5.60 Å². The molecule has 6 heteroatoms. The van der Waals surface area contributed by atoms with Crippen LogP contribution in [-0.2, 0) is 19.8 Å². The molecule has 0 amide bonds. The summed E-state index contributed by atoms with van der Waals surface area (Å²) in [5.74, 6) is 6.59. The van der Waals surface area contributed by atoms with Crippen LogP contribution in [0.25, 0.3) is 0 Å². The lowest BCUT2D eigenvalue weighted by Crippen LogP contribution is -2.48. The van der Waals surface area contributed by atoms with Crippen LogP contribution in [0.5, 0.6) is 5.75 Å². The zero-order valence-corrected chi connectivity index (χ0v) is 26.6. The summed E-state index contributed by atoms with van der Waals surface area (Å²) in [5.41, 5.74) is 3.52. The highest BCUT2D eigenvalue weighted by Crippen LogP contribution is 2.41. The van der Waals surface area contributed by atoms with E-state index in [0.717, 1.165) is 40.6 Å². The Morgan fingerprint density at radius 3 is 1.79 bits per heavy atom. The second kappa shape index (κ2) is 15.7. The maximum absolute atomic E-state index is 11.8. The van der Waals surface area contributed by atoms with Crippen molar-refractivity contribution in [2.24, 2.45) is 0 Å². The quantitative estimate of drug-likeness (QED) is 0.0922. The lowest BCUT2D eigenvalue weighted by molar-refractivity contribution is -0.167. The molecule has 5 nitrogen and oxygen atoms in total. The fraction of sp³-hybridized carbons (Fsp3) is 0.389. The molecule has 3 aromatic carbocycles. The zero-order valence-electron chi connectivity index (χ0n) is 25.6. The minimum atomic E-state index is -1.73. The van der Waals surface area contributed by atoms with Gasteiger partial charge in [-0.15, -0.1) is 17.9 Å². The topological polar surface area (TPSA) is 57.2 Å². The van der Waals surface area contributed by atoms with Crippen molar-refractivity contribution in [2.75, 3.05) is 27.6 Å². The highest BCUT2D eigenvalue weighted by Gasteiger charge is 2.42. The number of hydrogen-bond acceptors (Lipinski definition) is 5. The summed E-state index contributed by atoms with van der Waals surface area (Å²) >= 11 is 0. The lowest BCUT2D eigenvalue weighted by atomic mass is 9.80. The Hall–Kier alpha value is -3.36. The molecule has 0 aliphatic rings. The number of methoxy groups -OCH3 is 2. The van der Waals surface area contributed by atoms with E-state index < -0.39 is 25.4 Å². The Labute approximate surface area is 253 Å². The van der Waals surface area contributed by atoms with Crippen molar-refractivity contribution in [1.82, 2.24) is 0 Å².